The SMILES string of the molecule is CCn1ncc2c(NC3CCOCC3)c(C3=NOC4(C3)CC(C(=O)NC3CC3)C4)cnc21. The Kier molecular flexibility index (Phi) is 4.82. The number of pyridine rings is 1. The van der Waals surface area contributed by atoms with Gasteiger partial charge < -0.3 is 20.2 Å². The largest absolute Gasteiger partial charge is 0.388 e. The number of aromatic nitrogens is 3. The Balaban J connectivity index is 1.24. The van der Waals surface area contributed by atoms with Crippen LogP contribution >= 0.6 is 0 Å². The van der Waals surface area contributed by atoms with E-state index in [0.29, 0.717) is 18.5 Å². The number of nitrogens with one attached hydrogen (secondary N) is 2. The second-order valence-electron chi connectivity index (χ2n) is 9.65. The van der Waals surface area contributed by atoms with Crippen LogP contribution in [0.15, 0.2) is 17.5 Å². The number of fused-ring (bicyclic) bond motifs is 1. The van der Waals surface area contributed by atoms with Gasteiger partial charge in [-0.05, 0) is 32.6 Å². The molecule has 0 unspecified atom stereocenters. The molecule has 1 amide bonds. The van der Waals surface area contributed by atoms with Gasteiger partial charge in [0.15, 0.2) is 5.65 Å². The molecule has 4 aliphatic rings. The Hall–Kier alpha value is -2.68. The first-order valence-electron chi connectivity index (χ1n) is 11.9. The molecule has 0 atom stereocenters. The summed E-state index contributed by atoms with van der Waals surface area (Å²) >= 11 is 0. The molecule has 170 valence electrons. The normalized spacial score (nSPS) is 27.8. The number of ether oxygens (including phenoxy) is 1. The van der Waals surface area contributed by atoms with Gasteiger partial charge in [-0.25, -0.2) is 9.67 Å². The Morgan fingerprint density at radius 1 is 1.19 bits per heavy atom. The van der Waals surface area contributed by atoms with Crippen LogP contribution in [0.25, 0.3) is 11.0 Å². The van der Waals surface area contributed by atoms with Crippen LogP contribution in [-0.4, -0.2) is 57.3 Å². The Labute approximate surface area is 186 Å². The number of hydrogen-bond acceptors (Lipinski definition) is 7. The fourth-order valence-electron chi connectivity index (χ4n) is 5.13. The highest BCUT2D eigenvalue weighted by Gasteiger charge is 2.54. The van der Waals surface area contributed by atoms with E-state index in [9.17, 15) is 4.79 Å². The summed E-state index contributed by atoms with van der Waals surface area (Å²) in [6, 6.07) is 0.741. The van der Waals surface area contributed by atoms with Gasteiger partial charge in [0.1, 0.15) is 5.60 Å². The van der Waals surface area contributed by atoms with Gasteiger partial charge in [-0.2, -0.15) is 5.10 Å². The number of oxime groups is 1. The molecule has 2 aliphatic carbocycles. The molecule has 1 saturated heterocycles. The van der Waals surface area contributed by atoms with Crippen molar-refractivity contribution in [3.8, 4) is 0 Å². The van der Waals surface area contributed by atoms with Crippen molar-refractivity contribution in [1.82, 2.24) is 20.1 Å². The number of nitrogens with zero attached hydrogens (tertiary/aromatic N) is 4. The quantitative estimate of drug-likeness (QED) is 0.719. The fourth-order valence-corrected chi connectivity index (χ4v) is 5.13. The summed E-state index contributed by atoms with van der Waals surface area (Å²) in [5, 5.41) is 16.9. The summed E-state index contributed by atoms with van der Waals surface area (Å²) in [6.07, 6.45) is 10.1. The first-order valence-corrected chi connectivity index (χ1v) is 11.9. The maximum atomic E-state index is 12.4. The molecule has 3 fully saturated rings. The third-order valence-electron chi connectivity index (χ3n) is 7.22. The zero-order valence-corrected chi connectivity index (χ0v) is 18.5. The molecule has 32 heavy (non-hydrogen) atoms. The molecule has 9 heteroatoms. The Bertz CT molecular complexity index is 1060. The molecule has 0 bridgehead atoms. The zero-order chi connectivity index (χ0) is 21.7. The molecule has 2 saturated carbocycles. The van der Waals surface area contributed by atoms with E-state index in [1.807, 2.05) is 17.1 Å². The average Bonchev–Trinajstić information content (AvgIpc) is 3.32. The predicted octanol–water partition coefficient (Wildman–Crippen LogP) is 2.59. The van der Waals surface area contributed by atoms with E-state index in [4.69, 9.17) is 14.6 Å². The minimum atomic E-state index is -0.348. The molecule has 2 N–H and O–H groups in total. The van der Waals surface area contributed by atoms with Crippen molar-refractivity contribution in [2.24, 2.45) is 11.1 Å². The fraction of sp³-hybridized carbons (Fsp3) is 0.652. The van der Waals surface area contributed by atoms with Crippen LogP contribution in [0.4, 0.5) is 5.69 Å². The third kappa shape index (κ3) is 3.52. The maximum Gasteiger partial charge on any atom is 0.223 e. The monoisotopic (exact) mass is 438 g/mol. The van der Waals surface area contributed by atoms with Gasteiger partial charge in [0.2, 0.25) is 5.91 Å². The van der Waals surface area contributed by atoms with Crippen molar-refractivity contribution in [2.45, 2.75) is 76.1 Å². The Morgan fingerprint density at radius 3 is 2.75 bits per heavy atom. The molecule has 9 nitrogen and oxygen atoms in total. The minimum Gasteiger partial charge on any atom is -0.388 e. The van der Waals surface area contributed by atoms with Crippen LogP contribution < -0.4 is 10.6 Å². The highest BCUT2D eigenvalue weighted by Crippen LogP contribution is 2.48. The second-order valence-corrected chi connectivity index (χ2v) is 9.65. The molecule has 2 aromatic rings. The molecule has 0 radical (unpaired) electrons. The molecule has 6 rings (SSSR count). The van der Waals surface area contributed by atoms with Gasteiger partial charge in [0.05, 0.1) is 23.0 Å². The molecule has 2 aromatic heterocycles. The Morgan fingerprint density at radius 2 is 2.00 bits per heavy atom. The van der Waals surface area contributed by atoms with Gasteiger partial charge in [0.25, 0.3) is 0 Å². The van der Waals surface area contributed by atoms with E-state index in [0.717, 1.165) is 86.3 Å². The van der Waals surface area contributed by atoms with E-state index in [2.05, 4.69) is 27.8 Å². The lowest BCUT2D eigenvalue weighted by molar-refractivity contribution is -0.147. The molecule has 4 heterocycles. The highest BCUT2D eigenvalue weighted by atomic mass is 16.7. The van der Waals surface area contributed by atoms with E-state index >= 15 is 0 Å². The van der Waals surface area contributed by atoms with Crippen LogP contribution in [0.2, 0.25) is 0 Å². The predicted molar refractivity (Wildman–Crippen MR) is 120 cm³/mol. The van der Waals surface area contributed by atoms with E-state index in [1.54, 1.807) is 0 Å². The second kappa shape index (κ2) is 7.72. The van der Waals surface area contributed by atoms with Gasteiger partial charge in [-0.15, -0.1) is 0 Å². The van der Waals surface area contributed by atoms with E-state index < -0.39 is 0 Å². The summed E-state index contributed by atoms with van der Waals surface area (Å²) in [5.41, 5.74) is 3.44. The number of carbonyl (C=O) groups excluding carboxylic acids is 1. The van der Waals surface area contributed by atoms with Gasteiger partial charge in [-0.1, -0.05) is 5.16 Å². The number of aryl methyl sites for hydroxylation is 1. The lowest BCUT2D eigenvalue weighted by atomic mass is 9.68. The zero-order valence-electron chi connectivity index (χ0n) is 18.5. The number of anilines is 1. The van der Waals surface area contributed by atoms with Gasteiger partial charge in [0, 0.05) is 68.8 Å². The number of rotatable bonds is 6. The first kappa shape index (κ1) is 20.0. The van der Waals surface area contributed by atoms with E-state index in [-0.39, 0.29) is 17.4 Å². The smallest absolute Gasteiger partial charge is 0.223 e. The highest BCUT2D eigenvalue weighted by molar-refractivity contribution is 6.11. The average molecular weight is 439 g/mol. The number of amides is 1. The molecule has 2 aliphatic heterocycles. The van der Waals surface area contributed by atoms with Crippen LogP contribution in [0, 0.1) is 5.92 Å². The summed E-state index contributed by atoms with van der Waals surface area (Å²) in [6.45, 7) is 4.38. The number of hydrogen-bond donors (Lipinski definition) is 2. The summed E-state index contributed by atoms with van der Waals surface area (Å²) < 4.78 is 7.45. The maximum absolute atomic E-state index is 12.4. The van der Waals surface area contributed by atoms with Crippen molar-refractivity contribution in [3.63, 3.8) is 0 Å². The summed E-state index contributed by atoms with van der Waals surface area (Å²) in [5.74, 6) is 0.209. The van der Waals surface area contributed by atoms with Crippen molar-refractivity contribution < 1.29 is 14.4 Å². The van der Waals surface area contributed by atoms with Crippen molar-refractivity contribution in [2.75, 3.05) is 18.5 Å². The van der Waals surface area contributed by atoms with Crippen molar-refractivity contribution in [3.05, 3.63) is 18.0 Å². The van der Waals surface area contributed by atoms with Gasteiger partial charge >= 0.3 is 0 Å². The summed E-state index contributed by atoms with van der Waals surface area (Å²) in [7, 11) is 0. The molecule has 0 aromatic carbocycles. The lowest BCUT2D eigenvalue weighted by Gasteiger charge is -2.41. The van der Waals surface area contributed by atoms with Crippen molar-refractivity contribution >= 4 is 28.3 Å². The van der Waals surface area contributed by atoms with Gasteiger partial charge in [-0.3, -0.25) is 4.79 Å². The molecule has 1 spiro atoms. The summed E-state index contributed by atoms with van der Waals surface area (Å²) in [4.78, 5) is 23.0. The molecular weight excluding hydrogens is 408 g/mol. The van der Waals surface area contributed by atoms with Crippen molar-refractivity contribution in [1.29, 1.82) is 0 Å². The van der Waals surface area contributed by atoms with Crippen LogP contribution in [0.3, 0.4) is 0 Å². The first-order chi connectivity index (χ1) is 15.6. The van der Waals surface area contributed by atoms with Crippen LogP contribution in [0.1, 0.15) is 57.4 Å². The number of carbonyl (C=O) groups is 1. The topological polar surface area (TPSA) is 103 Å². The lowest BCUT2D eigenvalue weighted by Crippen LogP contribution is -2.50. The van der Waals surface area contributed by atoms with E-state index in [1.165, 1.54) is 0 Å². The van der Waals surface area contributed by atoms with Crippen LogP contribution in [-0.2, 0) is 20.9 Å². The standard InChI is InChI=1S/C23H30N6O3/c1-2-29-21-18(13-25-29)20(26-16-5-7-31-8-6-16)17(12-24-21)19-11-23(32-28-19)9-14(10-23)22(30)27-15-3-4-15/h12-16H,2-11H2,1H3,(H,24,26)(H,27,30). The minimum absolute atomic E-state index is 0.0355. The molecular formula is C23H30N6O3. The van der Waals surface area contributed by atoms with Crippen LogP contribution in [0.5, 0.6) is 0 Å². The third-order valence-corrected chi connectivity index (χ3v) is 7.22.